The fourth-order valence-corrected chi connectivity index (χ4v) is 2.31. The van der Waals surface area contributed by atoms with Gasteiger partial charge in [0, 0.05) is 16.8 Å². The third-order valence-electron chi connectivity index (χ3n) is 2.32. The zero-order chi connectivity index (χ0) is 12.0. The summed E-state index contributed by atoms with van der Waals surface area (Å²) >= 11 is 7.64. The molecule has 1 unspecified atom stereocenters. The zero-order valence-electron chi connectivity index (χ0n) is 9.46. The minimum Gasteiger partial charge on any atom is -0.380 e. The van der Waals surface area contributed by atoms with Gasteiger partial charge in [-0.05, 0) is 30.9 Å². The maximum Gasteiger partial charge on any atom is 0.101 e. The Balaban J connectivity index is 2.83. The van der Waals surface area contributed by atoms with Crippen molar-refractivity contribution in [2.75, 3.05) is 17.3 Å². The molecule has 1 rings (SSSR count). The van der Waals surface area contributed by atoms with E-state index in [4.69, 9.17) is 16.9 Å². The van der Waals surface area contributed by atoms with Crippen molar-refractivity contribution >= 4 is 29.1 Å². The highest BCUT2D eigenvalue weighted by Crippen LogP contribution is 2.21. The van der Waals surface area contributed by atoms with Gasteiger partial charge in [0.05, 0.1) is 11.3 Å². The van der Waals surface area contributed by atoms with Crippen LogP contribution in [0.15, 0.2) is 18.2 Å². The molecule has 0 aliphatic heterocycles. The monoisotopic (exact) mass is 254 g/mol. The molecule has 4 heteroatoms. The van der Waals surface area contributed by atoms with Crippen LogP contribution >= 0.6 is 23.4 Å². The molecule has 1 N–H and O–H groups in total. The van der Waals surface area contributed by atoms with Gasteiger partial charge in [0.15, 0.2) is 0 Å². The summed E-state index contributed by atoms with van der Waals surface area (Å²) in [7, 11) is 0. The lowest BCUT2D eigenvalue weighted by Crippen LogP contribution is -2.21. The van der Waals surface area contributed by atoms with Gasteiger partial charge in [0.25, 0.3) is 0 Å². The molecule has 0 spiro atoms. The number of nitrogens with zero attached hydrogens (tertiary/aromatic N) is 1. The second-order valence-corrected chi connectivity index (χ2v) is 4.85. The van der Waals surface area contributed by atoms with Gasteiger partial charge in [-0.25, -0.2) is 0 Å². The van der Waals surface area contributed by atoms with Crippen molar-refractivity contribution in [2.45, 2.75) is 19.4 Å². The number of benzene rings is 1. The van der Waals surface area contributed by atoms with Crippen LogP contribution in [0.4, 0.5) is 5.69 Å². The van der Waals surface area contributed by atoms with Crippen molar-refractivity contribution in [1.29, 1.82) is 5.26 Å². The van der Waals surface area contributed by atoms with Crippen LogP contribution in [0.1, 0.15) is 18.9 Å². The average Bonchev–Trinajstić information content (AvgIpc) is 2.30. The molecule has 2 nitrogen and oxygen atoms in total. The first-order chi connectivity index (χ1) is 7.71. The van der Waals surface area contributed by atoms with E-state index >= 15 is 0 Å². The van der Waals surface area contributed by atoms with E-state index in [2.05, 4.69) is 24.6 Å². The Morgan fingerprint density at radius 2 is 2.31 bits per heavy atom. The molecule has 16 heavy (non-hydrogen) atoms. The molecule has 1 atom stereocenters. The second kappa shape index (κ2) is 6.67. The number of nitrogens with one attached hydrogen (secondary N) is 1. The molecule has 0 radical (unpaired) electrons. The van der Waals surface area contributed by atoms with Crippen molar-refractivity contribution in [3.05, 3.63) is 28.8 Å². The molecule has 0 heterocycles. The Bertz CT molecular complexity index is 387. The molecule has 0 aromatic heterocycles. The highest BCUT2D eigenvalue weighted by Gasteiger charge is 2.08. The molecule has 0 saturated heterocycles. The van der Waals surface area contributed by atoms with E-state index in [0.29, 0.717) is 16.6 Å². The van der Waals surface area contributed by atoms with E-state index in [1.54, 1.807) is 23.9 Å². The molecule has 1 aromatic rings. The smallest absolute Gasteiger partial charge is 0.101 e. The quantitative estimate of drug-likeness (QED) is 0.869. The van der Waals surface area contributed by atoms with Crippen LogP contribution in [-0.2, 0) is 0 Å². The third-order valence-corrected chi connectivity index (χ3v) is 3.29. The summed E-state index contributed by atoms with van der Waals surface area (Å²) in [5.74, 6) is 1.03. The van der Waals surface area contributed by atoms with Gasteiger partial charge < -0.3 is 5.32 Å². The normalized spacial score (nSPS) is 11.9. The molecule has 0 amide bonds. The summed E-state index contributed by atoms with van der Waals surface area (Å²) in [5, 5.41) is 13.0. The van der Waals surface area contributed by atoms with Crippen molar-refractivity contribution < 1.29 is 0 Å². The van der Waals surface area contributed by atoms with Crippen molar-refractivity contribution in [1.82, 2.24) is 0 Å². The predicted molar refractivity (Wildman–Crippen MR) is 72.3 cm³/mol. The van der Waals surface area contributed by atoms with E-state index in [0.717, 1.165) is 17.9 Å². The molecule has 0 aliphatic rings. The van der Waals surface area contributed by atoms with Crippen LogP contribution in [-0.4, -0.2) is 18.1 Å². The fourth-order valence-electron chi connectivity index (χ4n) is 1.42. The number of rotatable bonds is 5. The zero-order valence-corrected chi connectivity index (χ0v) is 11.0. The lowest BCUT2D eigenvalue weighted by Gasteiger charge is -2.18. The topological polar surface area (TPSA) is 35.8 Å². The maximum atomic E-state index is 9.00. The Morgan fingerprint density at radius 3 is 2.88 bits per heavy atom. The molecule has 86 valence electrons. The van der Waals surface area contributed by atoms with E-state index < -0.39 is 0 Å². The summed E-state index contributed by atoms with van der Waals surface area (Å²) in [5.41, 5.74) is 1.47. The lowest BCUT2D eigenvalue weighted by molar-refractivity contribution is 0.774. The Hall–Kier alpha value is -0.850. The van der Waals surface area contributed by atoms with Crippen molar-refractivity contribution in [3.8, 4) is 6.07 Å². The molecule has 0 saturated carbocycles. The van der Waals surface area contributed by atoms with Gasteiger partial charge >= 0.3 is 0 Å². The minimum absolute atomic E-state index is 0.392. The first kappa shape index (κ1) is 13.2. The Kier molecular flexibility index (Phi) is 5.51. The Labute approximate surface area is 106 Å². The van der Waals surface area contributed by atoms with Gasteiger partial charge in [-0.1, -0.05) is 18.5 Å². The summed E-state index contributed by atoms with van der Waals surface area (Å²) < 4.78 is 0. The summed E-state index contributed by atoms with van der Waals surface area (Å²) in [6, 6.07) is 7.90. The van der Waals surface area contributed by atoms with Gasteiger partial charge in [-0.3, -0.25) is 0 Å². The summed E-state index contributed by atoms with van der Waals surface area (Å²) in [4.78, 5) is 0. The molecule has 0 fully saturated rings. The van der Waals surface area contributed by atoms with E-state index in [9.17, 15) is 0 Å². The van der Waals surface area contributed by atoms with Gasteiger partial charge in [0.1, 0.15) is 6.07 Å². The minimum atomic E-state index is 0.392. The first-order valence-corrected chi connectivity index (χ1v) is 6.93. The molecule has 1 aromatic carbocycles. The highest BCUT2D eigenvalue weighted by atomic mass is 35.5. The number of hydrogen-bond donors (Lipinski definition) is 1. The van der Waals surface area contributed by atoms with Gasteiger partial charge in [-0.2, -0.15) is 17.0 Å². The fraction of sp³-hybridized carbons (Fsp3) is 0.417. The van der Waals surface area contributed by atoms with Crippen LogP contribution in [0.5, 0.6) is 0 Å². The molecular weight excluding hydrogens is 240 g/mol. The van der Waals surface area contributed by atoms with Gasteiger partial charge in [0.2, 0.25) is 0 Å². The van der Waals surface area contributed by atoms with Crippen LogP contribution in [0.2, 0.25) is 5.02 Å². The summed E-state index contributed by atoms with van der Waals surface area (Å²) in [6.45, 7) is 2.13. The number of halogens is 1. The van der Waals surface area contributed by atoms with Crippen LogP contribution in [0.25, 0.3) is 0 Å². The van der Waals surface area contributed by atoms with E-state index in [-0.39, 0.29) is 0 Å². The number of hydrogen-bond acceptors (Lipinski definition) is 3. The second-order valence-electron chi connectivity index (χ2n) is 3.51. The standard InChI is InChI=1S/C12H15ClN2S/c1-3-11(8-16-2)15-12-5-4-10(13)6-9(12)7-14/h4-6,11,15H,3,8H2,1-2H3. The Morgan fingerprint density at radius 1 is 1.56 bits per heavy atom. The molecular formula is C12H15ClN2S. The third kappa shape index (κ3) is 3.62. The van der Waals surface area contributed by atoms with Crippen LogP contribution < -0.4 is 5.32 Å². The van der Waals surface area contributed by atoms with E-state index in [1.807, 2.05) is 6.07 Å². The van der Waals surface area contributed by atoms with Crippen LogP contribution in [0.3, 0.4) is 0 Å². The number of nitriles is 1. The predicted octanol–water partition coefficient (Wildman–Crippen LogP) is 3.77. The molecule has 0 bridgehead atoms. The van der Waals surface area contributed by atoms with Gasteiger partial charge in [-0.15, -0.1) is 0 Å². The SMILES string of the molecule is CCC(CSC)Nc1ccc(Cl)cc1C#N. The molecule has 0 aliphatic carbocycles. The number of thioether (sulfide) groups is 1. The maximum absolute atomic E-state index is 9.00. The largest absolute Gasteiger partial charge is 0.380 e. The highest BCUT2D eigenvalue weighted by molar-refractivity contribution is 7.98. The lowest BCUT2D eigenvalue weighted by atomic mass is 10.1. The van der Waals surface area contributed by atoms with Crippen molar-refractivity contribution in [2.24, 2.45) is 0 Å². The average molecular weight is 255 g/mol. The number of anilines is 1. The van der Waals surface area contributed by atoms with Crippen molar-refractivity contribution in [3.63, 3.8) is 0 Å². The van der Waals surface area contributed by atoms with Crippen LogP contribution in [0, 0.1) is 11.3 Å². The summed E-state index contributed by atoms with van der Waals surface area (Å²) in [6.07, 6.45) is 3.12. The van der Waals surface area contributed by atoms with E-state index in [1.165, 1.54) is 0 Å². The first-order valence-electron chi connectivity index (χ1n) is 5.16.